The summed E-state index contributed by atoms with van der Waals surface area (Å²) in [5.41, 5.74) is 0.426. The van der Waals surface area contributed by atoms with E-state index in [1.807, 2.05) is 6.07 Å². The molecule has 0 aliphatic carbocycles. The molecule has 1 aromatic carbocycles. The van der Waals surface area contributed by atoms with Crippen molar-refractivity contribution in [2.45, 2.75) is 0 Å². The lowest BCUT2D eigenvalue weighted by molar-refractivity contribution is 0.102. The van der Waals surface area contributed by atoms with Crippen LogP contribution >= 0.6 is 0 Å². The van der Waals surface area contributed by atoms with Crippen molar-refractivity contribution in [1.82, 2.24) is 4.98 Å². The number of hydrogen-bond donors (Lipinski definition) is 0. The summed E-state index contributed by atoms with van der Waals surface area (Å²) in [6.45, 7) is 0. The number of nitrogens with zero attached hydrogens (tertiary/aromatic N) is 1. The van der Waals surface area contributed by atoms with Crippen LogP contribution < -0.4 is 0 Å². The van der Waals surface area contributed by atoms with Crippen LogP contribution in [0.25, 0.3) is 10.8 Å². The Hall–Kier alpha value is -1.75. The second-order valence-corrected chi connectivity index (χ2v) is 6.04. The molecule has 0 radical (unpaired) electrons. The van der Waals surface area contributed by atoms with Gasteiger partial charge in [0.05, 0.1) is 0 Å². The van der Waals surface area contributed by atoms with Crippen LogP contribution in [-0.4, -0.2) is 31.2 Å². The highest BCUT2D eigenvalue weighted by atomic mass is 32.2. The predicted octanol–water partition coefficient (Wildman–Crippen LogP) is 1.46. The van der Waals surface area contributed by atoms with E-state index in [0.717, 1.165) is 17.0 Å². The van der Waals surface area contributed by atoms with Gasteiger partial charge in [-0.15, -0.1) is 0 Å². The minimum Gasteiger partial charge on any atom is -0.293 e. The SMILES string of the molecule is CS(=O)(=O)CC(=O)c1cccc2cnccc12. The first-order valence-corrected chi connectivity index (χ1v) is 7.07. The molecular weight excluding hydrogens is 238 g/mol. The summed E-state index contributed by atoms with van der Waals surface area (Å²) >= 11 is 0. The summed E-state index contributed by atoms with van der Waals surface area (Å²) in [4.78, 5) is 15.8. The Kier molecular flexibility index (Phi) is 2.93. The molecule has 0 N–H and O–H groups in total. The van der Waals surface area contributed by atoms with Gasteiger partial charge >= 0.3 is 0 Å². The minimum absolute atomic E-state index is 0.385. The van der Waals surface area contributed by atoms with E-state index in [1.165, 1.54) is 0 Å². The standard InChI is InChI=1S/C12H11NO3S/c1-17(15,16)8-12(14)11-4-2-3-9-7-13-6-5-10(9)11/h2-7H,8H2,1H3. The monoisotopic (exact) mass is 249 g/mol. The van der Waals surface area contributed by atoms with Crippen molar-refractivity contribution in [3.63, 3.8) is 0 Å². The fraction of sp³-hybridized carbons (Fsp3) is 0.167. The van der Waals surface area contributed by atoms with E-state index in [2.05, 4.69) is 4.98 Å². The van der Waals surface area contributed by atoms with Gasteiger partial charge in [0.2, 0.25) is 0 Å². The number of carbonyl (C=O) groups is 1. The van der Waals surface area contributed by atoms with Gasteiger partial charge in [0.25, 0.3) is 0 Å². The average Bonchev–Trinajstić information content (AvgIpc) is 2.26. The molecule has 0 saturated heterocycles. The molecule has 1 heterocycles. The predicted molar refractivity (Wildman–Crippen MR) is 65.8 cm³/mol. The van der Waals surface area contributed by atoms with Gasteiger partial charge in [-0.2, -0.15) is 0 Å². The lowest BCUT2D eigenvalue weighted by Crippen LogP contribution is -2.14. The first kappa shape index (κ1) is 11.7. The molecule has 0 fully saturated rings. The first-order chi connectivity index (χ1) is 7.97. The Morgan fingerprint density at radius 3 is 2.76 bits per heavy atom. The molecule has 0 amide bonds. The number of sulfone groups is 1. The number of benzene rings is 1. The Morgan fingerprint density at radius 1 is 1.29 bits per heavy atom. The van der Waals surface area contributed by atoms with E-state index >= 15 is 0 Å². The van der Waals surface area contributed by atoms with Gasteiger partial charge in [0.1, 0.15) is 5.75 Å². The Labute approximate surface area is 99.2 Å². The van der Waals surface area contributed by atoms with Crippen LogP contribution in [0.4, 0.5) is 0 Å². The zero-order chi connectivity index (χ0) is 12.5. The molecule has 0 atom stereocenters. The third kappa shape index (κ3) is 2.68. The molecule has 4 nitrogen and oxygen atoms in total. The van der Waals surface area contributed by atoms with Crippen molar-refractivity contribution in [1.29, 1.82) is 0 Å². The zero-order valence-electron chi connectivity index (χ0n) is 9.25. The van der Waals surface area contributed by atoms with Crippen LogP contribution in [-0.2, 0) is 9.84 Å². The number of hydrogen-bond acceptors (Lipinski definition) is 4. The molecule has 88 valence electrons. The number of ketones is 1. The maximum absolute atomic E-state index is 11.9. The molecule has 0 unspecified atom stereocenters. The summed E-state index contributed by atoms with van der Waals surface area (Å²) in [6.07, 6.45) is 4.28. The Morgan fingerprint density at radius 2 is 2.06 bits per heavy atom. The molecule has 1 aromatic heterocycles. The van der Waals surface area contributed by atoms with Crippen molar-refractivity contribution in [2.75, 3.05) is 12.0 Å². The molecule has 2 rings (SSSR count). The van der Waals surface area contributed by atoms with Gasteiger partial charge in [-0.25, -0.2) is 8.42 Å². The van der Waals surface area contributed by atoms with Gasteiger partial charge in [-0.3, -0.25) is 9.78 Å². The van der Waals surface area contributed by atoms with Crippen LogP contribution in [0.1, 0.15) is 10.4 Å². The van der Waals surface area contributed by atoms with Crippen LogP contribution in [0.3, 0.4) is 0 Å². The lowest BCUT2D eigenvalue weighted by atomic mass is 10.0. The molecule has 17 heavy (non-hydrogen) atoms. The van der Waals surface area contributed by atoms with Crippen LogP contribution in [0.5, 0.6) is 0 Å². The molecule has 5 heteroatoms. The van der Waals surface area contributed by atoms with Crippen molar-refractivity contribution in [3.05, 3.63) is 42.2 Å². The third-order valence-corrected chi connectivity index (χ3v) is 3.16. The second kappa shape index (κ2) is 4.25. The van der Waals surface area contributed by atoms with E-state index in [1.54, 1.807) is 30.6 Å². The summed E-state index contributed by atoms with van der Waals surface area (Å²) in [7, 11) is -3.31. The van der Waals surface area contributed by atoms with Gasteiger partial charge in [0, 0.05) is 29.6 Å². The van der Waals surface area contributed by atoms with Gasteiger partial charge < -0.3 is 0 Å². The summed E-state index contributed by atoms with van der Waals surface area (Å²) in [5.74, 6) is -0.849. The highest BCUT2D eigenvalue weighted by Gasteiger charge is 2.15. The summed E-state index contributed by atoms with van der Waals surface area (Å²) in [5, 5.41) is 1.56. The van der Waals surface area contributed by atoms with Crippen molar-refractivity contribution < 1.29 is 13.2 Å². The number of rotatable bonds is 3. The average molecular weight is 249 g/mol. The lowest BCUT2D eigenvalue weighted by Gasteiger charge is -2.04. The van der Waals surface area contributed by atoms with E-state index in [0.29, 0.717) is 5.56 Å². The van der Waals surface area contributed by atoms with Crippen LogP contribution in [0.15, 0.2) is 36.7 Å². The number of fused-ring (bicyclic) bond motifs is 1. The van der Waals surface area contributed by atoms with Gasteiger partial charge in [-0.1, -0.05) is 18.2 Å². The highest BCUT2D eigenvalue weighted by molar-refractivity contribution is 7.91. The van der Waals surface area contributed by atoms with Crippen LogP contribution in [0, 0.1) is 0 Å². The normalized spacial score (nSPS) is 11.6. The van der Waals surface area contributed by atoms with Gasteiger partial charge in [0.15, 0.2) is 15.6 Å². The van der Waals surface area contributed by atoms with E-state index in [9.17, 15) is 13.2 Å². The van der Waals surface area contributed by atoms with Crippen LogP contribution in [0.2, 0.25) is 0 Å². The molecule has 0 aliphatic heterocycles. The molecule has 0 saturated carbocycles. The van der Waals surface area contributed by atoms with E-state index in [-0.39, 0.29) is 5.78 Å². The van der Waals surface area contributed by atoms with Crippen molar-refractivity contribution in [2.24, 2.45) is 0 Å². The number of aromatic nitrogens is 1. The Bertz CT molecular complexity index is 672. The van der Waals surface area contributed by atoms with Crippen molar-refractivity contribution in [3.8, 4) is 0 Å². The maximum Gasteiger partial charge on any atom is 0.178 e. The first-order valence-electron chi connectivity index (χ1n) is 5.01. The number of carbonyl (C=O) groups excluding carboxylic acids is 1. The molecular formula is C12H11NO3S. The number of Topliss-reactive ketones (excluding diaryl/α,β-unsaturated/α-hetero) is 1. The maximum atomic E-state index is 11.9. The fourth-order valence-corrected chi connectivity index (χ4v) is 2.31. The minimum atomic E-state index is -3.31. The fourth-order valence-electron chi connectivity index (χ4n) is 1.68. The van der Waals surface area contributed by atoms with E-state index < -0.39 is 15.6 Å². The largest absolute Gasteiger partial charge is 0.293 e. The molecule has 0 bridgehead atoms. The topological polar surface area (TPSA) is 64.1 Å². The third-order valence-electron chi connectivity index (χ3n) is 2.37. The molecule has 0 aliphatic rings. The van der Waals surface area contributed by atoms with E-state index in [4.69, 9.17) is 0 Å². The van der Waals surface area contributed by atoms with Gasteiger partial charge in [-0.05, 0) is 11.5 Å². The molecule has 2 aromatic rings. The summed E-state index contributed by atoms with van der Waals surface area (Å²) < 4.78 is 22.2. The molecule has 0 spiro atoms. The zero-order valence-corrected chi connectivity index (χ0v) is 10.1. The number of pyridine rings is 1. The van der Waals surface area contributed by atoms with Crippen molar-refractivity contribution >= 4 is 26.4 Å². The smallest absolute Gasteiger partial charge is 0.178 e. The summed E-state index contributed by atoms with van der Waals surface area (Å²) in [6, 6.07) is 6.90. The quantitative estimate of drug-likeness (QED) is 0.772. The Balaban J connectivity index is 2.52. The highest BCUT2D eigenvalue weighted by Crippen LogP contribution is 2.18. The second-order valence-electron chi connectivity index (χ2n) is 3.90.